The van der Waals surface area contributed by atoms with Crippen molar-refractivity contribution in [2.24, 2.45) is 0 Å². The third-order valence-electron chi connectivity index (χ3n) is 18.3. The maximum atomic E-state index is 7.19. The second-order valence-corrected chi connectivity index (χ2v) is 25.0. The molecular weight excluding hydrogens is 958 g/mol. The Labute approximate surface area is 458 Å². The van der Waals surface area contributed by atoms with Gasteiger partial charge >= 0.3 is 0 Å². The third kappa shape index (κ3) is 7.14. The summed E-state index contributed by atoms with van der Waals surface area (Å²) < 4.78 is 28.2. The molecule has 0 N–H and O–H groups in total. The predicted octanol–water partition coefficient (Wildman–Crippen LogP) is 13.6. The lowest BCUT2D eigenvalue weighted by Gasteiger charge is -2.42. The zero-order valence-corrected chi connectivity index (χ0v) is 45.6. The average Bonchev–Trinajstić information content (AvgIpc) is 3.37. The van der Waals surface area contributed by atoms with Crippen LogP contribution in [0.25, 0.3) is 0 Å². The zero-order chi connectivity index (χ0) is 53.0. The second-order valence-electron chi connectivity index (χ2n) is 25.0. The maximum Gasteiger partial charge on any atom is 0.258 e. The number of benzene rings is 7. The van der Waals surface area contributed by atoms with Gasteiger partial charge in [-0.25, -0.2) is 0 Å². The Bertz CT molecular complexity index is 3730. The van der Waals surface area contributed by atoms with E-state index < -0.39 is 0 Å². The van der Waals surface area contributed by atoms with Gasteiger partial charge < -0.3 is 28.7 Å². The molecule has 4 aliphatic heterocycles. The normalized spacial score (nSPS) is 17.5. The summed E-state index contributed by atoms with van der Waals surface area (Å²) in [5.41, 5.74) is 18.1. The predicted molar refractivity (Wildman–Crippen MR) is 317 cm³/mol. The number of hydrogen-bond donors (Lipinski definition) is 0. The van der Waals surface area contributed by atoms with Crippen LogP contribution >= 0.6 is 0 Å². The van der Waals surface area contributed by atoms with E-state index in [1.54, 1.807) is 0 Å². The molecule has 2 aliphatic carbocycles. The van der Waals surface area contributed by atoms with E-state index >= 15 is 0 Å². The van der Waals surface area contributed by atoms with Gasteiger partial charge in [-0.3, -0.25) is 0 Å². The van der Waals surface area contributed by atoms with E-state index in [4.69, 9.17) is 28.9 Å². The topological polar surface area (TPSA) is 69.2 Å². The van der Waals surface area contributed by atoms with Gasteiger partial charge in [-0.05, 0) is 152 Å². The molecule has 2 aromatic heterocycles. The highest BCUT2D eigenvalue weighted by atomic mass is 16.5. The molecule has 10 heteroatoms. The fourth-order valence-corrected chi connectivity index (χ4v) is 13.9. The van der Waals surface area contributed by atoms with Crippen molar-refractivity contribution >= 4 is 80.3 Å². The molecule has 7 aromatic carbocycles. The maximum absolute atomic E-state index is 7.19. The van der Waals surface area contributed by atoms with E-state index in [0.29, 0.717) is 35.0 Å². The monoisotopic (exact) mass is 1020 g/mol. The van der Waals surface area contributed by atoms with Crippen molar-refractivity contribution in [3.8, 4) is 46.5 Å². The number of anilines is 6. The molecule has 6 aliphatic rings. The van der Waals surface area contributed by atoms with Crippen molar-refractivity contribution in [3.63, 3.8) is 0 Å². The Hall–Kier alpha value is -8.23. The van der Waals surface area contributed by atoms with Gasteiger partial charge in [0, 0.05) is 51.9 Å². The molecule has 0 radical (unpaired) electrons. The van der Waals surface area contributed by atoms with Gasteiger partial charge in [0.25, 0.3) is 13.4 Å². The van der Waals surface area contributed by atoms with Crippen LogP contribution in [0.15, 0.2) is 170 Å². The summed E-state index contributed by atoms with van der Waals surface area (Å²) in [6.45, 7) is 18.3. The fourth-order valence-electron chi connectivity index (χ4n) is 13.9. The molecule has 0 atom stereocenters. The first-order valence-electron chi connectivity index (χ1n) is 27.8. The Morgan fingerprint density at radius 2 is 0.769 bits per heavy atom. The Morgan fingerprint density at radius 1 is 0.385 bits per heavy atom. The van der Waals surface area contributed by atoms with Crippen molar-refractivity contribution in [1.82, 2.24) is 9.97 Å². The number of fused-ring (bicyclic) bond motifs is 10. The smallest absolute Gasteiger partial charge is 0.258 e. The summed E-state index contributed by atoms with van der Waals surface area (Å²) in [5.74, 6) is 4.77. The summed E-state index contributed by atoms with van der Waals surface area (Å²) in [7, 11) is 0. The lowest BCUT2D eigenvalue weighted by atomic mass is 9.31. The van der Waals surface area contributed by atoms with E-state index in [-0.39, 0.29) is 35.1 Å². The van der Waals surface area contributed by atoms with Crippen LogP contribution in [0, 0.1) is 0 Å². The van der Waals surface area contributed by atoms with Crippen LogP contribution < -0.4 is 61.5 Å². The second kappa shape index (κ2) is 16.6. The van der Waals surface area contributed by atoms with Gasteiger partial charge in [0.15, 0.2) is 0 Å². The largest absolute Gasteiger partial charge is 0.440 e. The van der Waals surface area contributed by atoms with Crippen LogP contribution in [0.4, 0.5) is 34.1 Å². The lowest BCUT2D eigenvalue weighted by Crippen LogP contribution is -2.63. The quantitative estimate of drug-likeness (QED) is 0.153. The van der Waals surface area contributed by atoms with Crippen molar-refractivity contribution in [1.29, 1.82) is 0 Å². The minimum absolute atomic E-state index is 0.0122. The van der Waals surface area contributed by atoms with Gasteiger partial charge in [0.1, 0.15) is 23.0 Å². The number of pyridine rings is 2. The summed E-state index contributed by atoms with van der Waals surface area (Å²) in [4.78, 5) is 15.3. The molecule has 0 fully saturated rings. The summed E-state index contributed by atoms with van der Waals surface area (Å²) in [5, 5.41) is 0. The summed E-state index contributed by atoms with van der Waals surface area (Å²) in [6, 6.07) is 60.5. The first-order valence-corrected chi connectivity index (χ1v) is 27.8. The Morgan fingerprint density at radius 3 is 1.19 bits per heavy atom. The van der Waals surface area contributed by atoms with Gasteiger partial charge in [0.05, 0.1) is 11.4 Å². The molecule has 8 nitrogen and oxygen atoms in total. The summed E-state index contributed by atoms with van der Waals surface area (Å²) >= 11 is 0. The molecule has 78 heavy (non-hydrogen) atoms. The first kappa shape index (κ1) is 47.0. The van der Waals surface area contributed by atoms with Crippen molar-refractivity contribution in [3.05, 3.63) is 192 Å². The minimum atomic E-state index is -0.227. The molecule has 0 amide bonds. The zero-order valence-electron chi connectivity index (χ0n) is 45.6. The highest BCUT2D eigenvalue weighted by molar-refractivity contribution is 7.02. The number of hydrogen-bond acceptors (Lipinski definition) is 8. The molecule has 0 saturated heterocycles. The summed E-state index contributed by atoms with van der Waals surface area (Å²) in [6.07, 6.45) is 4.49. The molecule has 0 saturated carbocycles. The minimum Gasteiger partial charge on any atom is -0.440 e. The van der Waals surface area contributed by atoms with Crippen LogP contribution in [0.2, 0.25) is 0 Å². The third-order valence-corrected chi connectivity index (χ3v) is 18.3. The number of ether oxygens (including phenoxy) is 4. The van der Waals surface area contributed by atoms with Crippen LogP contribution in [-0.4, -0.2) is 23.4 Å². The Kier molecular flexibility index (Phi) is 10.0. The standard InChI is InChI=1S/C68H60B2N4O4/c1-65(2)31-33-67(5,6)47-35-43(27-29-45(47)65)75-59-38-55-61-63(71-59)77-57-40-58-52(37-51(57)69(61)49-23-15-17-25-53(49)73(55)41-19-11-9-12-20-41)70-50-24-16-18-26-54(50)74(42-21-13-10-14-22-42)56-39-60(72-64(78-58)62(56)70)76-44-28-30-46-48(36-44)68(7,8)34-32-66(46,3)4/h9-30,35-40H,31-34H2,1-8H3. The lowest BCUT2D eigenvalue weighted by molar-refractivity contribution is 0.330. The molecule has 6 heterocycles. The molecular formula is C68H60B2N4O4. The number of para-hydroxylation sites is 4. The fraction of sp³-hybridized carbons (Fsp3) is 0.235. The van der Waals surface area contributed by atoms with E-state index in [9.17, 15) is 0 Å². The van der Waals surface area contributed by atoms with Crippen molar-refractivity contribution in [2.75, 3.05) is 9.80 Å². The van der Waals surface area contributed by atoms with Crippen LogP contribution in [0.3, 0.4) is 0 Å². The van der Waals surface area contributed by atoms with Crippen molar-refractivity contribution in [2.45, 2.75) is 103 Å². The van der Waals surface area contributed by atoms with Gasteiger partial charge in [0.2, 0.25) is 23.5 Å². The van der Waals surface area contributed by atoms with E-state index in [1.807, 2.05) is 0 Å². The van der Waals surface area contributed by atoms with Crippen LogP contribution in [-0.2, 0) is 21.7 Å². The number of rotatable bonds is 6. The Balaban J connectivity index is 0.897. The van der Waals surface area contributed by atoms with Gasteiger partial charge in [-0.1, -0.05) is 146 Å². The first-order chi connectivity index (χ1) is 37.6. The SMILES string of the molecule is CC1(C)CCC(C)(C)c2cc(Oc3cc4c5c(n3)Oc3cc6c(cc3B5c3ccccc3N4c3ccccc3)B3c4ccccc4N(c4ccccc4)c4cc(Oc5ccc7c(c5)C(C)(C)CCC7(C)C)nc(c43)O6)ccc21. The van der Waals surface area contributed by atoms with E-state index in [2.05, 4.69) is 235 Å². The number of nitrogens with zero attached hydrogens (tertiary/aromatic N) is 4. The average molecular weight is 1020 g/mol. The molecule has 382 valence electrons. The van der Waals surface area contributed by atoms with Gasteiger partial charge in [-0.2, -0.15) is 9.97 Å². The molecule has 0 bridgehead atoms. The highest BCUT2D eigenvalue weighted by Gasteiger charge is 2.48. The highest BCUT2D eigenvalue weighted by Crippen LogP contribution is 2.51. The van der Waals surface area contributed by atoms with Crippen LogP contribution in [0.5, 0.6) is 46.5 Å². The van der Waals surface area contributed by atoms with E-state index in [0.717, 1.165) is 104 Å². The molecule has 9 aromatic rings. The molecule has 0 unspecified atom stereocenters. The van der Waals surface area contributed by atoms with Crippen LogP contribution in [0.1, 0.15) is 103 Å². The number of aromatic nitrogens is 2. The van der Waals surface area contributed by atoms with Crippen molar-refractivity contribution < 1.29 is 18.9 Å². The van der Waals surface area contributed by atoms with E-state index in [1.165, 1.54) is 22.3 Å². The molecule has 15 rings (SSSR count). The molecule has 0 spiro atoms. The van der Waals surface area contributed by atoms with Gasteiger partial charge in [-0.15, -0.1) is 0 Å².